The van der Waals surface area contributed by atoms with Gasteiger partial charge in [-0.05, 0) is 58.0 Å². The first-order valence-electron chi connectivity index (χ1n) is 17.4. The van der Waals surface area contributed by atoms with Gasteiger partial charge in [-0.3, -0.25) is 0 Å². The highest BCUT2D eigenvalue weighted by Gasteiger charge is 2.52. The number of methoxy groups -OCH3 is 1. The quantitative estimate of drug-likeness (QED) is 0.111. The minimum absolute atomic E-state index is 0.238. The maximum Gasteiger partial charge on any atom is 0.337 e. The van der Waals surface area contributed by atoms with E-state index in [0.717, 1.165) is 49.4 Å². The van der Waals surface area contributed by atoms with E-state index in [1.165, 1.54) is 7.11 Å². The van der Waals surface area contributed by atoms with E-state index in [4.69, 9.17) is 33.2 Å². The van der Waals surface area contributed by atoms with Crippen molar-refractivity contribution in [1.82, 2.24) is 0 Å². The molecule has 1 saturated heterocycles. The molecule has 2 aliphatic rings. The molecule has 2 heterocycles. The molecular weight excluding hydrogens is 724 g/mol. The Morgan fingerprint density at radius 1 is 0.635 bits per heavy atom. The first kappa shape index (κ1) is 35.9. The van der Waals surface area contributed by atoms with Gasteiger partial charge in [-0.25, -0.2) is 4.79 Å². The zero-order valence-electron chi connectivity index (χ0n) is 28.9. The Hall–Kier alpha value is -4.51. The molecule has 52 heavy (non-hydrogen) atoms. The molecule has 268 valence electrons. The lowest BCUT2D eigenvalue weighted by molar-refractivity contribution is -0.267. The van der Waals surface area contributed by atoms with Crippen molar-refractivity contribution in [3.05, 3.63) is 165 Å². The molecule has 5 atom stereocenters. The van der Waals surface area contributed by atoms with Gasteiger partial charge < -0.3 is 33.2 Å². The van der Waals surface area contributed by atoms with Crippen molar-refractivity contribution in [2.75, 3.05) is 20.3 Å². The van der Waals surface area contributed by atoms with Crippen molar-refractivity contribution in [1.29, 1.82) is 0 Å². The van der Waals surface area contributed by atoms with Crippen LogP contribution in [0.25, 0.3) is 0 Å². The summed E-state index contributed by atoms with van der Waals surface area (Å²) in [5, 5.41) is 0. The highest BCUT2D eigenvalue weighted by Crippen LogP contribution is 2.40. The molecule has 7 rings (SSSR count). The molecule has 0 unspecified atom stereocenters. The first-order valence-corrected chi connectivity index (χ1v) is 18.2. The highest BCUT2D eigenvalue weighted by molar-refractivity contribution is 9.10. The summed E-state index contributed by atoms with van der Waals surface area (Å²) in [6.45, 7) is 1.87. The largest absolute Gasteiger partial charge is 0.486 e. The fourth-order valence-corrected chi connectivity index (χ4v) is 6.98. The van der Waals surface area contributed by atoms with Gasteiger partial charge in [0.05, 0.1) is 26.9 Å². The third kappa shape index (κ3) is 8.74. The Balaban J connectivity index is 1.26. The van der Waals surface area contributed by atoms with Crippen LogP contribution in [0.4, 0.5) is 0 Å². The number of hydrogen-bond acceptors (Lipinski definition) is 8. The molecule has 0 aromatic heterocycles. The second kappa shape index (κ2) is 17.3. The summed E-state index contributed by atoms with van der Waals surface area (Å²) in [5.74, 6) is 0.935. The summed E-state index contributed by atoms with van der Waals surface area (Å²) < 4.78 is 44.8. The van der Waals surface area contributed by atoms with Gasteiger partial charge >= 0.3 is 5.97 Å². The molecule has 0 N–H and O–H groups in total. The van der Waals surface area contributed by atoms with Crippen LogP contribution in [0.5, 0.6) is 11.5 Å². The first-order chi connectivity index (χ1) is 25.6. The SMILES string of the molecule is COC(=O)[C@H]1O[C@@H](c2ccc(Br)c(Cc3ccc4c(c3)OCCO4)c2)[C@H](OCc2ccccc2)[C@@H](OCc2ccccc2)[C@@H]1OCc1ccccc1. The van der Waals surface area contributed by atoms with Gasteiger partial charge in [-0.15, -0.1) is 0 Å². The minimum atomic E-state index is -1.10. The van der Waals surface area contributed by atoms with Gasteiger partial charge in [0.2, 0.25) is 0 Å². The lowest BCUT2D eigenvalue weighted by Gasteiger charge is -2.45. The van der Waals surface area contributed by atoms with Crippen LogP contribution in [0.1, 0.15) is 39.5 Å². The second-order valence-electron chi connectivity index (χ2n) is 12.8. The van der Waals surface area contributed by atoms with Crippen LogP contribution in [-0.2, 0) is 54.7 Å². The third-order valence-corrected chi connectivity index (χ3v) is 10.0. The number of ether oxygens (including phenoxy) is 7. The number of rotatable bonds is 13. The fourth-order valence-electron chi connectivity index (χ4n) is 6.60. The molecule has 0 bridgehead atoms. The highest BCUT2D eigenvalue weighted by atomic mass is 79.9. The van der Waals surface area contributed by atoms with Crippen molar-refractivity contribution >= 4 is 21.9 Å². The topological polar surface area (TPSA) is 81.7 Å². The van der Waals surface area contributed by atoms with Crippen LogP contribution >= 0.6 is 15.9 Å². The predicted octanol–water partition coefficient (Wildman–Crippen LogP) is 8.18. The molecular formula is C43H41BrO8. The van der Waals surface area contributed by atoms with Gasteiger partial charge in [-0.2, -0.15) is 0 Å². The average Bonchev–Trinajstić information content (AvgIpc) is 3.20. The van der Waals surface area contributed by atoms with Gasteiger partial charge in [0.1, 0.15) is 37.6 Å². The third-order valence-electron chi connectivity index (χ3n) is 9.23. The van der Waals surface area contributed by atoms with E-state index in [1.54, 1.807) is 0 Å². The van der Waals surface area contributed by atoms with E-state index in [-0.39, 0.29) is 13.2 Å². The summed E-state index contributed by atoms with van der Waals surface area (Å²) in [6.07, 6.45) is -3.43. The lowest BCUT2D eigenvalue weighted by atomic mass is 9.89. The molecule has 0 aliphatic carbocycles. The number of carbonyl (C=O) groups is 1. The van der Waals surface area contributed by atoms with E-state index < -0.39 is 36.5 Å². The molecule has 0 amide bonds. The number of hydrogen-bond donors (Lipinski definition) is 0. The van der Waals surface area contributed by atoms with E-state index in [0.29, 0.717) is 26.2 Å². The van der Waals surface area contributed by atoms with Gasteiger partial charge in [-0.1, -0.05) is 125 Å². The van der Waals surface area contributed by atoms with E-state index in [2.05, 4.69) is 22.0 Å². The van der Waals surface area contributed by atoms with Crippen molar-refractivity contribution in [3.63, 3.8) is 0 Å². The Labute approximate surface area is 312 Å². The maximum absolute atomic E-state index is 13.6. The van der Waals surface area contributed by atoms with Crippen LogP contribution in [0.2, 0.25) is 0 Å². The normalized spacial score (nSPS) is 21.0. The van der Waals surface area contributed by atoms with Gasteiger partial charge in [0.15, 0.2) is 17.6 Å². The van der Waals surface area contributed by atoms with Crippen molar-refractivity contribution in [2.45, 2.75) is 56.8 Å². The molecule has 0 saturated carbocycles. The van der Waals surface area contributed by atoms with E-state index in [9.17, 15) is 4.79 Å². The molecule has 5 aromatic carbocycles. The molecule has 0 spiro atoms. The molecule has 2 aliphatic heterocycles. The summed E-state index contributed by atoms with van der Waals surface area (Å²) in [7, 11) is 1.36. The molecule has 5 aromatic rings. The Kier molecular flexibility index (Phi) is 12.0. The molecule has 0 radical (unpaired) electrons. The van der Waals surface area contributed by atoms with Crippen molar-refractivity contribution in [3.8, 4) is 11.5 Å². The van der Waals surface area contributed by atoms with Crippen LogP contribution in [-0.4, -0.2) is 50.7 Å². The summed E-state index contributed by atoms with van der Waals surface area (Å²) in [5.41, 5.74) is 5.85. The Bertz CT molecular complexity index is 1910. The number of fused-ring (bicyclic) bond motifs is 1. The van der Waals surface area contributed by atoms with E-state index in [1.807, 2.05) is 121 Å². The standard InChI is InChI=1S/C43H41BrO8/c1-46-43(45)42-41(51-28-31-15-9-4-10-16-31)40(50-27-30-13-7-3-8-14-30)39(49-26-29-11-5-2-6-12-29)38(52-42)33-18-19-35(44)34(25-33)23-32-17-20-36-37(24-32)48-22-21-47-36/h2-20,24-25,38-42H,21-23,26-28H2,1H3/t38-,39-,40+,41-,42-/m0/s1. The molecule has 8 nitrogen and oxygen atoms in total. The zero-order valence-corrected chi connectivity index (χ0v) is 30.5. The summed E-state index contributed by atoms with van der Waals surface area (Å²) in [4.78, 5) is 13.6. The van der Waals surface area contributed by atoms with Crippen LogP contribution in [0.3, 0.4) is 0 Å². The second-order valence-corrected chi connectivity index (χ2v) is 13.6. The smallest absolute Gasteiger partial charge is 0.337 e. The van der Waals surface area contributed by atoms with Gasteiger partial charge in [0, 0.05) is 4.47 Å². The van der Waals surface area contributed by atoms with Crippen LogP contribution in [0.15, 0.2) is 132 Å². The lowest BCUT2D eigenvalue weighted by Crippen LogP contribution is -2.59. The minimum Gasteiger partial charge on any atom is -0.486 e. The predicted molar refractivity (Wildman–Crippen MR) is 199 cm³/mol. The summed E-state index contributed by atoms with van der Waals surface area (Å²) in [6, 6.07) is 41.8. The monoisotopic (exact) mass is 764 g/mol. The van der Waals surface area contributed by atoms with Crippen molar-refractivity contribution < 1.29 is 38.0 Å². The zero-order chi connectivity index (χ0) is 35.7. The summed E-state index contributed by atoms with van der Waals surface area (Å²) >= 11 is 3.78. The average molecular weight is 766 g/mol. The van der Waals surface area contributed by atoms with Crippen LogP contribution < -0.4 is 9.47 Å². The van der Waals surface area contributed by atoms with Crippen LogP contribution in [0, 0.1) is 0 Å². The Morgan fingerprint density at radius 2 is 1.19 bits per heavy atom. The molecule has 9 heteroatoms. The van der Waals surface area contributed by atoms with Gasteiger partial charge in [0.25, 0.3) is 0 Å². The number of carbonyl (C=O) groups excluding carboxylic acids is 1. The number of esters is 1. The fraction of sp³-hybridized carbons (Fsp3) is 0.279. The maximum atomic E-state index is 13.6. The Morgan fingerprint density at radius 3 is 1.79 bits per heavy atom. The number of benzene rings is 5. The van der Waals surface area contributed by atoms with Crippen molar-refractivity contribution in [2.24, 2.45) is 0 Å². The van der Waals surface area contributed by atoms with E-state index >= 15 is 0 Å². The molecule has 1 fully saturated rings. The number of halogens is 1.